The quantitative estimate of drug-likeness (QED) is 0.138. The second-order valence-corrected chi connectivity index (χ2v) is 16.3. The summed E-state index contributed by atoms with van der Waals surface area (Å²) in [5.74, 6) is 0.653. The molecule has 66 heavy (non-hydrogen) atoms. The zero-order valence-corrected chi connectivity index (χ0v) is 36.2. The molecule has 0 saturated heterocycles. The summed E-state index contributed by atoms with van der Waals surface area (Å²) in [6, 6.07) is 91.7. The summed E-state index contributed by atoms with van der Waals surface area (Å²) in [7, 11) is 0. The van der Waals surface area contributed by atoms with Crippen LogP contribution in [0.15, 0.2) is 261 Å². The van der Waals surface area contributed by atoms with E-state index in [-0.39, 0.29) is 0 Å². The lowest BCUT2D eigenvalue weighted by Crippen LogP contribution is -2.01. The maximum atomic E-state index is 5.63. The summed E-state index contributed by atoms with van der Waals surface area (Å²) >= 11 is 0. The van der Waals surface area contributed by atoms with Crippen LogP contribution in [0.2, 0.25) is 0 Å². The van der Waals surface area contributed by atoms with E-state index in [1.165, 1.54) is 0 Å². The van der Waals surface area contributed by atoms with Crippen LogP contribution in [-0.4, -0.2) is 15.0 Å². The fourth-order valence-electron chi connectivity index (χ4n) is 8.89. The molecule has 3 nitrogen and oxygen atoms in total. The number of pyridine rings is 1. The van der Waals surface area contributed by atoms with Crippen molar-refractivity contribution < 1.29 is 0 Å². The summed E-state index contributed by atoms with van der Waals surface area (Å²) in [5.41, 5.74) is 19.7. The Morgan fingerprint density at radius 1 is 0.182 bits per heavy atom. The number of aromatic nitrogens is 3. The minimum Gasteiger partial charge on any atom is -0.246 e. The van der Waals surface area contributed by atoms with Crippen molar-refractivity contribution in [3.05, 3.63) is 261 Å². The standard InChI is InChI=1S/C63H43N3/c1-8-22-44(23-9-1)53-40-54(45-24-10-2-11-25-45)42-55(41-53)57-43-56(46-26-12-3-13-27-46)64-63(65-57)52-38-36-49(37-39-52)58-59(47-28-14-4-15-29-47)61(50-32-18-6-19-33-50)66-62(51-34-20-7-21-35-51)60(58)48-30-16-5-17-31-48/h1-43H. The van der Waals surface area contributed by atoms with Gasteiger partial charge in [-0.1, -0.05) is 237 Å². The SMILES string of the molecule is c1ccc(-c2cc(-c3ccccc3)cc(-c3cc(-c4ccccc4)nc(-c4ccc(-c5c(-c6ccccc6)c(-c6ccccc6)nc(-c6ccccc6)c5-c5ccccc5)cc4)n3)c2)cc1. The molecule has 0 aliphatic carbocycles. The van der Waals surface area contributed by atoms with Crippen molar-refractivity contribution in [2.24, 2.45) is 0 Å². The van der Waals surface area contributed by atoms with Gasteiger partial charge in [-0.25, -0.2) is 15.0 Å². The molecule has 2 aromatic heterocycles. The molecule has 9 aromatic carbocycles. The Labute approximate surface area is 386 Å². The van der Waals surface area contributed by atoms with Crippen LogP contribution in [-0.2, 0) is 0 Å². The highest BCUT2D eigenvalue weighted by molar-refractivity contribution is 6.05. The molecule has 0 N–H and O–H groups in total. The molecule has 310 valence electrons. The lowest BCUT2D eigenvalue weighted by molar-refractivity contribution is 1.18. The maximum Gasteiger partial charge on any atom is 0.160 e. The molecular formula is C63H43N3. The van der Waals surface area contributed by atoms with Crippen molar-refractivity contribution in [3.8, 4) is 112 Å². The van der Waals surface area contributed by atoms with Crippen LogP contribution in [0.3, 0.4) is 0 Å². The first-order chi connectivity index (χ1) is 32.7. The van der Waals surface area contributed by atoms with Gasteiger partial charge in [0.25, 0.3) is 0 Å². The third-order valence-electron chi connectivity index (χ3n) is 12.1. The van der Waals surface area contributed by atoms with E-state index in [0.717, 1.165) is 106 Å². The number of nitrogens with zero attached hydrogens (tertiary/aromatic N) is 3. The van der Waals surface area contributed by atoms with Crippen molar-refractivity contribution in [1.29, 1.82) is 0 Å². The molecule has 0 unspecified atom stereocenters. The zero-order chi connectivity index (χ0) is 44.1. The largest absolute Gasteiger partial charge is 0.246 e. The average molecular weight is 842 g/mol. The summed E-state index contributed by atoms with van der Waals surface area (Å²) in [6.07, 6.45) is 0. The molecular weight excluding hydrogens is 799 g/mol. The molecule has 11 aromatic rings. The second-order valence-electron chi connectivity index (χ2n) is 16.3. The number of hydrogen-bond donors (Lipinski definition) is 0. The summed E-state index contributed by atoms with van der Waals surface area (Å²) in [6.45, 7) is 0. The van der Waals surface area contributed by atoms with E-state index in [0.29, 0.717) is 5.82 Å². The Kier molecular flexibility index (Phi) is 11.0. The monoisotopic (exact) mass is 841 g/mol. The van der Waals surface area contributed by atoms with Gasteiger partial charge in [-0.15, -0.1) is 0 Å². The Hall–Kier alpha value is -8.79. The Balaban J connectivity index is 1.13. The molecule has 3 heteroatoms. The van der Waals surface area contributed by atoms with Gasteiger partial charge in [0, 0.05) is 44.5 Å². The van der Waals surface area contributed by atoms with Gasteiger partial charge in [0.15, 0.2) is 5.82 Å². The lowest BCUT2D eigenvalue weighted by Gasteiger charge is -2.23. The van der Waals surface area contributed by atoms with Crippen LogP contribution in [0.25, 0.3) is 112 Å². The first kappa shape index (κ1) is 40.0. The summed E-state index contributed by atoms with van der Waals surface area (Å²) < 4.78 is 0. The number of hydrogen-bond acceptors (Lipinski definition) is 3. The Morgan fingerprint density at radius 3 is 0.894 bits per heavy atom. The Morgan fingerprint density at radius 2 is 0.485 bits per heavy atom. The van der Waals surface area contributed by atoms with Crippen LogP contribution >= 0.6 is 0 Å². The molecule has 0 aliphatic rings. The summed E-state index contributed by atoms with van der Waals surface area (Å²) in [5, 5.41) is 0. The van der Waals surface area contributed by atoms with Crippen LogP contribution in [0.5, 0.6) is 0 Å². The fraction of sp³-hybridized carbons (Fsp3) is 0. The van der Waals surface area contributed by atoms with Crippen LogP contribution < -0.4 is 0 Å². The van der Waals surface area contributed by atoms with Gasteiger partial charge in [-0.2, -0.15) is 0 Å². The van der Waals surface area contributed by atoms with Crippen molar-refractivity contribution >= 4 is 0 Å². The molecule has 0 bridgehead atoms. The van der Waals surface area contributed by atoms with Crippen LogP contribution in [0.1, 0.15) is 0 Å². The molecule has 0 saturated carbocycles. The van der Waals surface area contributed by atoms with Gasteiger partial charge in [-0.05, 0) is 63.2 Å². The predicted molar refractivity (Wildman–Crippen MR) is 274 cm³/mol. The van der Waals surface area contributed by atoms with Crippen LogP contribution in [0, 0.1) is 0 Å². The number of benzene rings is 9. The minimum atomic E-state index is 0.653. The van der Waals surface area contributed by atoms with Gasteiger partial charge in [-0.3, -0.25) is 0 Å². The second kappa shape index (κ2) is 18.1. The van der Waals surface area contributed by atoms with Gasteiger partial charge in [0.1, 0.15) is 0 Å². The first-order valence-corrected chi connectivity index (χ1v) is 22.3. The molecule has 0 amide bonds. The highest BCUT2D eigenvalue weighted by atomic mass is 14.9. The van der Waals surface area contributed by atoms with Crippen molar-refractivity contribution in [3.63, 3.8) is 0 Å². The normalized spacial score (nSPS) is 11.0. The molecule has 11 rings (SSSR count). The zero-order valence-electron chi connectivity index (χ0n) is 36.2. The number of rotatable bonds is 10. The topological polar surface area (TPSA) is 38.7 Å². The summed E-state index contributed by atoms with van der Waals surface area (Å²) in [4.78, 5) is 16.3. The fourth-order valence-corrected chi connectivity index (χ4v) is 8.89. The van der Waals surface area contributed by atoms with Gasteiger partial charge in [0.05, 0.1) is 22.8 Å². The van der Waals surface area contributed by atoms with E-state index in [9.17, 15) is 0 Å². The molecule has 2 heterocycles. The smallest absolute Gasteiger partial charge is 0.160 e. The average Bonchev–Trinajstić information content (AvgIpc) is 3.42. The molecule has 0 atom stereocenters. The lowest BCUT2D eigenvalue weighted by atomic mass is 9.83. The predicted octanol–water partition coefficient (Wildman–Crippen LogP) is 16.5. The highest BCUT2D eigenvalue weighted by Gasteiger charge is 2.25. The molecule has 0 spiro atoms. The third kappa shape index (κ3) is 8.14. The Bertz CT molecular complexity index is 3240. The van der Waals surface area contributed by atoms with Gasteiger partial charge in [0.2, 0.25) is 0 Å². The first-order valence-electron chi connectivity index (χ1n) is 22.3. The molecule has 0 aliphatic heterocycles. The van der Waals surface area contributed by atoms with Crippen LogP contribution in [0.4, 0.5) is 0 Å². The van der Waals surface area contributed by atoms with Gasteiger partial charge < -0.3 is 0 Å². The van der Waals surface area contributed by atoms with E-state index >= 15 is 0 Å². The van der Waals surface area contributed by atoms with E-state index in [1.807, 2.05) is 6.07 Å². The van der Waals surface area contributed by atoms with E-state index in [2.05, 4.69) is 255 Å². The highest BCUT2D eigenvalue weighted by Crippen LogP contribution is 2.49. The molecule has 0 radical (unpaired) electrons. The van der Waals surface area contributed by atoms with Gasteiger partial charge >= 0.3 is 0 Å². The molecule has 0 fully saturated rings. The van der Waals surface area contributed by atoms with E-state index in [4.69, 9.17) is 15.0 Å². The third-order valence-corrected chi connectivity index (χ3v) is 12.1. The van der Waals surface area contributed by atoms with Crippen molar-refractivity contribution in [2.45, 2.75) is 0 Å². The van der Waals surface area contributed by atoms with Crippen molar-refractivity contribution in [2.75, 3.05) is 0 Å². The van der Waals surface area contributed by atoms with E-state index < -0.39 is 0 Å². The van der Waals surface area contributed by atoms with Crippen molar-refractivity contribution in [1.82, 2.24) is 15.0 Å². The van der Waals surface area contributed by atoms with E-state index in [1.54, 1.807) is 0 Å². The maximum absolute atomic E-state index is 5.63. The minimum absolute atomic E-state index is 0.653.